The fourth-order valence-electron chi connectivity index (χ4n) is 15.4. The first kappa shape index (κ1) is 86.5. The van der Waals surface area contributed by atoms with E-state index in [4.69, 9.17) is 16.0 Å². The Bertz CT molecular complexity index is 5810. The maximum absolute atomic E-state index is 12.5. The van der Waals surface area contributed by atoms with Crippen LogP contribution < -0.4 is 0 Å². The monoisotopic (exact) mass is 1580 g/mol. The van der Waals surface area contributed by atoms with Crippen LogP contribution in [0.1, 0.15) is 209 Å². The van der Waals surface area contributed by atoms with Crippen LogP contribution in [0.5, 0.6) is 0 Å². The fourth-order valence-corrected chi connectivity index (χ4v) is 16.5. The van der Waals surface area contributed by atoms with Crippen LogP contribution in [0.2, 0.25) is 5.02 Å². The van der Waals surface area contributed by atoms with Crippen LogP contribution in [0.3, 0.4) is 0 Å². The predicted molar refractivity (Wildman–Crippen MR) is 462 cm³/mol. The van der Waals surface area contributed by atoms with Gasteiger partial charge < -0.3 is 13.6 Å². The SMILES string of the molecule is CC1=C(C)C(=O)C(CCCC2=NC=CC2)=C(C)C1=O.CC1=C(C)C(=O)C(CCCc2nc3cc(C)ccc3s2)=C(C)C1=O.CC1=C(C)C(=O)C(CCCc2nc3cc(Cl)c(C)cc3o2)=C(C)C1=O.CC1=C(C)C(=O)C(CCCn2c(C)cc3ccccc32)=C(C)C1=O.CC1=C(C)C(=O)C(CCCn2ccc3ccccc32)=C(C)C1=O. The van der Waals surface area contributed by atoms with Crippen molar-refractivity contribution in [3.05, 3.63) is 254 Å². The molecule has 6 aliphatic rings. The van der Waals surface area contributed by atoms with Crippen molar-refractivity contribution in [3.8, 4) is 0 Å². The summed E-state index contributed by atoms with van der Waals surface area (Å²) in [5.74, 6) is 0.792. The maximum Gasteiger partial charge on any atom is 0.195 e. The molecule has 596 valence electrons. The minimum absolute atomic E-state index is 0.0116. The van der Waals surface area contributed by atoms with Gasteiger partial charge in [-0.15, -0.1) is 11.3 Å². The van der Waals surface area contributed by atoms with Crippen molar-refractivity contribution in [1.82, 2.24) is 19.1 Å². The van der Waals surface area contributed by atoms with Gasteiger partial charge in [-0.05, 0) is 272 Å². The van der Waals surface area contributed by atoms with Crippen LogP contribution in [0.25, 0.3) is 43.1 Å². The predicted octanol–water partition coefficient (Wildman–Crippen LogP) is 21.7. The number of allylic oxidation sites excluding steroid dienone is 21. The average molecular weight is 1580 g/mol. The average Bonchev–Trinajstić information content (AvgIpc) is 1.81. The second kappa shape index (κ2) is 37.6. The van der Waals surface area contributed by atoms with Gasteiger partial charge in [0, 0.05) is 177 Å². The number of rotatable bonds is 20. The Kier molecular flexibility index (Phi) is 28.3. The number of nitrogens with zero attached hydrogens (tertiary/aromatic N) is 5. The van der Waals surface area contributed by atoms with Gasteiger partial charge >= 0.3 is 0 Å². The van der Waals surface area contributed by atoms with Crippen LogP contribution in [-0.2, 0) is 73.9 Å². The van der Waals surface area contributed by atoms with Crippen molar-refractivity contribution in [3.63, 3.8) is 0 Å². The van der Waals surface area contributed by atoms with E-state index in [0.717, 1.165) is 85.4 Å². The first-order valence-electron chi connectivity index (χ1n) is 39.7. The normalized spacial score (nSPS) is 16.5. The Hall–Kier alpha value is -10.9. The number of carbonyl (C=O) groups excluding carboxylic acids is 10. The number of carbonyl (C=O) groups is 10. The van der Waals surface area contributed by atoms with Crippen LogP contribution in [0.4, 0.5) is 0 Å². The third-order valence-corrected chi connectivity index (χ3v) is 24.9. The number of Topliss-reactive ketones (excluding diaryl/α,β-unsaturated/α-hetero) is 10. The van der Waals surface area contributed by atoms with Crippen molar-refractivity contribution in [2.24, 2.45) is 4.99 Å². The summed E-state index contributed by atoms with van der Waals surface area (Å²) in [4.78, 5) is 136. The number of aromatic nitrogens is 4. The summed E-state index contributed by atoms with van der Waals surface area (Å²) < 4.78 is 11.4. The van der Waals surface area contributed by atoms with E-state index in [-0.39, 0.29) is 57.8 Å². The molecular weight excluding hydrogens is 1480 g/mol. The van der Waals surface area contributed by atoms with Gasteiger partial charge in [0.1, 0.15) is 5.52 Å². The van der Waals surface area contributed by atoms with Gasteiger partial charge in [-0.25, -0.2) is 9.97 Å². The van der Waals surface area contributed by atoms with Crippen molar-refractivity contribution in [2.45, 2.75) is 228 Å². The molecule has 115 heavy (non-hydrogen) atoms. The molecule has 0 radical (unpaired) electrons. The Morgan fingerprint density at radius 1 is 0.391 bits per heavy atom. The van der Waals surface area contributed by atoms with Crippen LogP contribution in [-0.4, -0.2) is 82.6 Å². The summed E-state index contributed by atoms with van der Waals surface area (Å²) in [6.07, 6.45) is 16.4. The smallest absolute Gasteiger partial charge is 0.195 e. The third-order valence-electron chi connectivity index (χ3n) is 23.4. The first-order chi connectivity index (χ1) is 54.6. The second-order valence-corrected chi connectivity index (χ2v) is 32.5. The van der Waals surface area contributed by atoms with E-state index in [2.05, 4.69) is 98.7 Å². The lowest BCUT2D eigenvalue weighted by Gasteiger charge is -2.19. The number of thiazole rings is 1. The zero-order valence-corrected chi connectivity index (χ0v) is 71.3. The molecule has 0 saturated carbocycles. The lowest BCUT2D eigenvalue weighted by atomic mass is 9.84. The number of oxazole rings is 1. The van der Waals surface area contributed by atoms with Crippen molar-refractivity contribution < 1.29 is 52.4 Å². The molecule has 0 spiro atoms. The number of aryl methyl sites for hydroxylation is 7. The molecule has 0 saturated heterocycles. The zero-order valence-electron chi connectivity index (χ0n) is 69.7. The van der Waals surface area contributed by atoms with Gasteiger partial charge in [0.05, 0.1) is 15.2 Å². The Balaban J connectivity index is 0.000000152. The van der Waals surface area contributed by atoms with Crippen molar-refractivity contribution >= 4 is 130 Å². The molecule has 0 atom stereocenters. The van der Waals surface area contributed by atoms with Crippen molar-refractivity contribution in [2.75, 3.05) is 0 Å². The van der Waals surface area contributed by atoms with E-state index in [1.54, 1.807) is 121 Å². The van der Waals surface area contributed by atoms with Gasteiger partial charge in [-0.1, -0.05) is 60.1 Å². The van der Waals surface area contributed by atoms with E-state index in [1.165, 1.54) is 37.8 Å². The lowest BCUT2D eigenvalue weighted by Crippen LogP contribution is -2.21. The molecule has 5 aliphatic carbocycles. The molecule has 8 aromatic rings. The quantitative estimate of drug-likeness (QED) is 0.0647. The summed E-state index contributed by atoms with van der Waals surface area (Å²) in [7, 11) is 0. The molecule has 18 heteroatoms. The topological polar surface area (TPSA) is 232 Å². The van der Waals surface area contributed by atoms with Crippen LogP contribution >= 0.6 is 22.9 Å². The van der Waals surface area contributed by atoms with E-state index in [0.29, 0.717) is 173 Å². The molecule has 1 aliphatic heterocycles. The molecule has 5 heterocycles. The molecule has 4 aromatic heterocycles. The van der Waals surface area contributed by atoms with E-state index in [9.17, 15) is 47.9 Å². The number of para-hydroxylation sites is 2. The highest BCUT2D eigenvalue weighted by atomic mass is 35.5. The maximum atomic E-state index is 12.5. The minimum atomic E-state index is -0.0286. The summed E-state index contributed by atoms with van der Waals surface area (Å²) in [5.41, 5.74) is 21.7. The number of fused-ring (bicyclic) bond motifs is 4. The third kappa shape index (κ3) is 19.2. The van der Waals surface area contributed by atoms with Crippen LogP contribution in [0.15, 0.2) is 230 Å². The Morgan fingerprint density at radius 2 is 0.817 bits per heavy atom. The second-order valence-electron chi connectivity index (χ2n) is 30.9. The highest BCUT2D eigenvalue weighted by Gasteiger charge is 2.33. The largest absolute Gasteiger partial charge is 0.441 e. The summed E-state index contributed by atoms with van der Waals surface area (Å²) in [6.45, 7) is 34.0. The Labute approximate surface area is 683 Å². The number of hydrogen-bond donors (Lipinski definition) is 0. The number of ketones is 10. The zero-order chi connectivity index (χ0) is 83.7. The highest BCUT2D eigenvalue weighted by molar-refractivity contribution is 7.18. The standard InChI is InChI=1S/C21H23NO2.C20H20ClNO3.C20H21NO2S.C20H21NO2.C16H19NO2/c1-13-12-17-8-5-6-10-19(17)22(13)11-7-9-18-16(4)20(23)14(2)15(3)21(18)24;1-10-8-17-16(9-15(10)21)22-18(25-17)7-5-6-14-13(4)19(23)11(2)12(3)20(14)24;1-11-8-9-17-16(10-11)21-18(24-17)7-5-6-15-14(4)19(22)12(2)13(3)20(15)23;1-13-14(2)20(23)17(15(3)19(13)22)8-6-11-21-12-10-16-7-4-5-9-18(16)21;1-10-11(2)16(19)14(12(3)15(10)18)8-4-6-13-7-5-9-17-13/h5-6,8,10,12H,7,9,11H2,1-4H3;8-9H,5-7H2,1-4H3;8-10H,5-7H2,1-4H3;4-5,7,9-10,12H,6,8,11H2,1-3H3;5,9H,4,6-8H2,1-3H3. The molecule has 4 aromatic carbocycles. The van der Waals surface area contributed by atoms with E-state index < -0.39 is 0 Å². The number of benzene rings is 4. The minimum Gasteiger partial charge on any atom is -0.441 e. The first-order valence-corrected chi connectivity index (χ1v) is 40.8. The molecule has 16 nitrogen and oxygen atoms in total. The summed E-state index contributed by atoms with van der Waals surface area (Å²) in [6, 6.07) is 30.9. The van der Waals surface area contributed by atoms with Gasteiger partial charge in [0.25, 0.3) is 0 Å². The molecular formula is C97H104ClN5O11S. The lowest BCUT2D eigenvalue weighted by molar-refractivity contribution is -0.116. The summed E-state index contributed by atoms with van der Waals surface area (Å²) >= 11 is 7.82. The summed E-state index contributed by atoms with van der Waals surface area (Å²) in [5, 5.41) is 4.22. The van der Waals surface area contributed by atoms with Gasteiger partial charge in [0.15, 0.2) is 69.3 Å². The highest BCUT2D eigenvalue weighted by Crippen LogP contribution is 2.35. The van der Waals surface area contributed by atoms with E-state index in [1.807, 2.05) is 49.5 Å². The van der Waals surface area contributed by atoms with E-state index >= 15 is 0 Å². The van der Waals surface area contributed by atoms with Gasteiger partial charge in [-0.3, -0.25) is 52.9 Å². The fraction of sp³-hybridized carbons (Fsp3) is 0.351. The molecule has 0 amide bonds. The van der Waals surface area contributed by atoms with Crippen molar-refractivity contribution in [1.29, 1.82) is 0 Å². The van der Waals surface area contributed by atoms with Gasteiger partial charge in [-0.2, -0.15) is 0 Å². The number of hydrogen-bond acceptors (Lipinski definition) is 15. The Morgan fingerprint density at radius 3 is 1.30 bits per heavy atom. The van der Waals surface area contributed by atoms with Crippen LogP contribution in [0, 0.1) is 20.8 Å². The molecule has 0 unspecified atom stereocenters. The molecule has 14 rings (SSSR count). The molecule has 0 fully saturated rings. The molecule has 0 N–H and O–H groups in total. The van der Waals surface area contributed by atoms with Gasteiger partial charge in [0.2, 0.25) is 0 Å². The number of aliphatic imine (C=N–C) groups is 1. The number of halogens is 1. The molecule has 0 bridgehead atoms.